The van der Waals surface area contributed by atoms with Gasteiger partial charge in [0.25, 0.3) is 10.0 Å². The molecule has 0 saturated carbocycles. The highest BCUT2D eigenvalue weighted by atomic mass is 32.2. The lowest BCUT2D eigenvalue weighted by molar-refractivity contribution is 0.600. The second kappa shape index (κ2) is 4.77. The first kappa shape index (κ1) is 12.6. The highest BCUT2D eigenvalue weighted by molar-refractivity contribution is 7.93. The van der Waals surface area contributed by atoms with Crippen molar-refractivity contribution >= 4 is 38.4 Å². The first-order valence-corrected chi connectivity index (χ1v) is 8.17. The molecule has 0 amide bonds. The molecule has 0 bridgehead atoms. The fraction of sp³-hybridized carbons (Fsp3) is 0.200. The fourth-order valence-corrected chi connectivity index (χ4v) is 4.93. The van der Waals surface area contributed by atoms with E-state index in [9.17, 15) is 8.42 Å². The predicted molar refractivity (Wildman–Crippen MR) is 72.1 cm³/mol. The van der Waals surface area contributed by atoms with Crippen LogP contribution >= 0.6 is 22.7 Å². The van der Waals surface area contributed by atoms with Gasteiger partial charge in [0.05, 0.1) is 5.69 Å². The van der Waals surface area contributed by atoms with Crippen LogP contribution in [0.15, 0.2) is 27.1 Å². The first-order chi connectivity index (χ1) is 8.04. The van der Waals surface area contributed by atoms with Crippen molar-refractivity contribution < 1.29 is 8.42 Å². The topological polar surface area (TPSA) is 72.2 Å². The van der Waals surface area contributed by atoms with E-state index in [1.165, 1.54) is 22.7 Å². The van der Waals surface area contributed by atoms with Gasteiger partial charge >= 0.3 is 0 Å². The molecule has 7 heteroatoms. The molecule has 4 nitrogen and oxygen atoms in total. The lowest BCUT2D eigenvalue weighted by atomic mass is 10.3. The van der Waals surface area contributed by atoms with E-state index in [4.69, 9.17) is 5.73 Å². The summed E-state index contributed by atoms with van der Waals surface area (Å²) in [4.78, 5) is 1.00. The number of nitrogens with one attached hydrogen (secondary N) is 1. The minimum Gasteiger partial charge on any atom is -0.326 e. The maximum absolute atomic E-state index is 12.2. The molecule has 2 heterocycles. The quantitative estimate of drug-likeness (QED) is 0.907. The van der Waals surface area contributed by atoms with Crippen LogP contribution in [0.5, 0.6) is 0 Å². The Balaban J connectivity index is 2.41. The number of sulfonamides is 1. The van der Waals surface area contributed by atoms with Gasteiger partial charge in [-0.3, -0.25) is 4.72 Å². The molecule has 0 aliphatic rings. The second-order valence-electron chi connectivity index (χ2n) is 3.49. The van der Waals surface area contributed by atoms with Crippen molar-refractivity contribution in [2.24, 2.45) is 5.73 Å². The third-order valence-electron chi connectivity index (χ3n) is 2.22. The van der Waals surface area contributed by atoms with Gasteiger partial charge in [-0.2, -0.15) is 11.3 Å². The molecule has 0 aliphatic heterocycles. The Morgan fingerprint density at radius 2 is 2.18 bits per heavy atom. The molecule has 0 atom stereocenters. The van der Waals surface area contributed by atoms with Crippen molar-refractivity contribution in [3.63, 3.8) is 0 Å². The van der Waals surface area contributed by atoms with Gasteiger partial charge in [-0.25, -0.2) is 8.42 Å². The summed E-state index contributed by atoms with van der Waals surface area (Å²) in [5.41, 5.74) is 6.88. The lowest BCUT2D eigenvalue weighted by Gasteiger charge is -2.07. The number of rotatable bonds is 4. The third-order valence-corrected chi connectivity index (χ3v) is 5.77. The summed E-state index contributed by atoms with van der Waals surface area (Å²) in [5.74, 6) is 0. The van der Waals surface area contributed by atoms with E-state index in [1.54, 1.807) is 18.4 Å². The van der Waals surface area contributed by atoms with Crippen LogP contribution in [0.1, 0.15) is 10.4 Å². The van der Waals surface area contributed by atoms with Crippen LogP contribution in [-0.4, -0.2) is 8.42 Å². The smallest absolute Gasteiger partial charge is 0.263 e. The van der Waals surface area contributed by atoms with Crippen molar-refractivity contribution in [2.75, 3.05) is 4.72 Å². The van der Waals surface area contributed by atoms with Crippen molar-refractivity contribution in [3.05, 3.63) is 32.6 Å². The van der Waals surface area contributed by atoms with Crippen LogP contribution < -0.4 is 10.5 Å². The Labute approximate surface area is 108 Å². The van der Waals surface area contributed by atoms with E-state index in [2.05, 4.69) is 4.72 Å². The highest BCUT2D eigenvalue weighted by Crippen LogP contribution is 2.28. The number of anilines is 1. The summed E-state index contributed by atoms with van der Waals surface area (Å²) in [5, 5.41) is 5.38. The van der Waals surface area contributed by atoms with Crippen molar-refractivity contribution in [3.8, 4) is 0 Å². The Morgan fingerprint density at radius 1 is 1.41 bits per heavy atom. The van der Waals surface area contributed by atoms with Crippen molar-refractivity contribution in [1.29, 1.82) is 0 Å². The van der Waals surface area contributed by atoms with E-state index in [0.29, 0.717) is 15.5 Å². The summed E-state index contributed by atoms with van der Waals surface area (Å²) in [6.07, 6.45) is 0. The molecule has 2 rings (SSSR count). The molecule has 0 spiro atoms. The Bertz CT molecular complexity index is 600. The van der Waals surface area contributed by atoms with Crippen LogP contribution in [0.25, 0.3) is 0 Å². The molecule has 92 valence electrons. The minimum absolute atomic E-state index is 0.235. The van der Waals surface area contributed by atoms with Crippen LogP contribution in [0.2, 0.25) is 0 Å². The van der Waals surface area contributed by atoms with Crippen LogP contribution in [0.3, 0.4) is 0 Å². The summed E-state index contributed by atoms with van der Waals surface area (Å²) in [6, 6.07) is 1.73. The first-order valence-electron chi connectivity index (χ1n) is 4.86. The molecule has 0 fully saturated rings. The summed E-state index contributed by atoms with van der Waals surface area (Å²) in [6.45, 7) is 2.01. The van der Waals surface area contributed by atoms with E-state index in [0.717, 1.165) is 5.56 Å². The number of hydrogen-bond donors (Lipinski definition) is 2. The number of thiophene rings is 2. The Hall–Kier alpha value is -0.890. The van der Waals surface area contributed by atoms with Crippen LogP contribution in [0, 0.1) is 6.92 Å². The SMILES string of the molecule is Cc1csc(CN)c1S(=O)(=O)Nc1ccsc1. The average molecular weight is 288 g/mol. The van der Waals surface area contributed by atoms with Gasteiger partial charge in [0, 0.05) is 16.8 Å². The molecule has 0 unspecified atom stereocenters. The zero-order valence-electron chi connectivity index (χ0n) is 9.14. The number of aryl methyl sites for hydroxylation is 1. The number of hydrogen-bond acceptors (Lipinski definition) is 5. The molecule has 0 radical (unpaired) electrons. The molecule has 2 aromatic heterocycles. The summed E-state index contributed by atoms with van der Waals surface area (Å²) < 4.78 is 27.0. The Morgan fingerprint density at radius 3 is 2.76 bits per heavy atom. The van der Waals surface area contributed by atoms with E-state index < -0.39 is 10.0 Å². The normalized spacial score (nSPS) is 11.6. The molecule has 17 heavy (non-hydrogen) atoms. The maximum Gasteiger partial charge on any atom is 0.263 e. The minimum atomic E-state index is -3.53. The summed E-state index contributed by atoms with van der Waals surface area (Å²) in [7, 11) is -3.53. The molecule has 0 aromatic carbocycles. The second-order valence-corrected chi connectivity index (χ2v) is 6.86. The predicted octanol–water partition coefficient (Wildman–Crippen LogP) is 2.38. The van der Waals surface area contributed by atoms with Gasteiger partial charge in [-0.05, 0) is 29.3 Å². The molecule has 0 saturated heterocycles. The van der Waals surface area contributed by atoms with Crippen LogP contribution in [0.4, 0.5) is 5.69 Å². The van der Waals surface area contributed by atoms with E-state index in [-0.39, 0.29) is 6.54 Å². The van der Waals surface area contributed by atoms with Crippen LogP contribution in [-0.2, 0) is 16.6 Å². The highest BCUT2D eigenvalue weighted by Gasteiger charge is 2.22. The number of nitrogens with two attached hydrogens (primary N) is 1. The van der Waals surface area contributed by atoms with E-state index in [1.807, 2.05) is 10.8 Å². The monoisotopic (exact) mass is 288 g/mol. The van der Waals surface area contributed by atoms with Crippen molar-refractivity contribution in [2.45, 2.75) is 18.4 Å². The average Bonchev–Trinajstić information content (AvgIpc) is 2.86. The lowest BCUT2D eigenvalue weighted by Crippen LogP contribution is -2.15. The third kappa shape index (κ3) is 2.52. The summed E-state index contributed by atoms with van der Waals surface area (Å²) >= 11 is 2.82. The zero-order valence-corrected chi connectivity index (χ0v) is 11.6. The van der Waals surface area contributed by atoms with Gasteiger partial charge in [0.1, 0.15) is 4.90 Å². The molecular formula is C10H12N2O2S3. The van der Waals surface area contributed by atoms with Gasteiger partial charge in [0.2, 0.25) is 0 Å². The molecule has 2 aromatic rings. The van der Waals surface area contributed by atoms with E-state index >= 15 is 0 Å². The van der Waals surface area contributed by atoms with Crippen molar-refractivity contribution in [1.82, 2.24) is 0 Å². The molecule has 3 N–H and O–H groups in total. The van der Waals surface area contributed by atoms with Gasteiger partial charge < -0.3 is 5.73 Å². The largest absolute Gasteiger partial charge is 0.326 e. The van der Waals surface area contributed by atoms with Gasteiger partial charge in [-0.1, -0.05) is 0 Å². The molecule has 0 aliphatic carbocycles. The zero-order chi connectivity index (χ0) is 12.5. The van der Waals surface area contributed by atoms with Gasteiger partial charge in [-0.15, -0.1) is 11.3 Å². The van der Waals surface area contributed by atoms with Gasteiger partial charge in [0.15, 0.2) is 0 Å². The Kier molecular flexibility index (Phi) is 3.53. The fourth-order valence-electron chi connectivity index (χ4n) is 1.52. The standard InChI is InChI=1S/C10H12N2O2S3/c1-7-5-16-9(4-11)10(7)17(13,14)12-8-2-3-15-6-8/h2-3,5-6,12H,4,11H2,1H3. The molecular weight excluding hydrogens is 276 g/mol. The maximum atomic E-state index is 12.2.